The Hall–Kier alpha value is -2.69. The molecule has 0 saturated heterocycles. The van der Waals surface area contributed by atoms with Gasteiger partial charge in [0.15, 0.2) is 0 Å². The number of fused-ring (bicyclic) bond motifs is 1. The average Bonchev–Trinajstić information content (AvgIpc) is 3.40. The zero-order valence-electron chi connectivity index (χ0n) is 14.0. The minimum atomic E-state index is -5.08. The first-order valence-corrected chi connectivity index (χ1v) is 7.88. The molecular weight excluding hydrogens is 374 g/mol. The Morgan fingerprint density at radius 3 is 2.56 bits per heavy atom. The SMILES string of the molecule is NC/C(=C/F)COc1cc2c(cn1)C(=O)N(C1CC1)C2.O=C(O)C(F)(F)F. The van der Waals surface area contributed by atoms with Gasteiger partial charge in [0.2, 0.25) is 5.88 Å². The highest BCUT2D eigenvalue weighted by molar-refractivity contribution is 5.98. The first-order valence-electron chi connectivity index (χ1n) is 7.88. The quantitative estimate of drug-likeness (QED) is 0.744. The number of carbonyl (C=O) groups is 2. The number of hydrogen-bond donors (Lipinski definition) is 2. The number of carboxylic acids is 1. The van der Waals surface area contributed by atoms with Crippen molar-refractivity contribution in [3.05, 3.63) is 35.3 Å². The van der Waals surface area contributed by atoms with Crippen LogP contribution in [0.5, 0.6) is 5.88 Å². The molecule has 27 heavy (non-hydrogen) atoms. The molecule has 0 aromatic carbocycles. The molecule has 1 aliphatic carbocycles. The van der Waals surface area contributed by atoms with Crippen LogP contribution in [0.15, 0.2) is 24.2 Å². The summed E-state index contributed by atoms with van der Waals surface area (Å²) in [5, 5.41) is 7.12. The Morgan fingerprint density at radius 2 is 2.07 bits per heavy atom. The molecule has 2 heterocycles. The second-order valence-electron chi connectivity index (χ2n) is 5.91. The van der Waals surface area contributed by atoms with Gasteiger partial charge in [-0.3, -0.25) is 4.79 Å². The Labute approximate surface area is 151 Å². The summed E-state index contributed by atoms with van der Waals surface area (Å²) in [6, 6.07) is 2.14. The molecule has 0 radical (unpaired) electrons. The number of pyridine rings is 1. The van der Waals surface area contributed by atoms with Crippen LogP contribution >= 0.6 is 0 Å². The van der Waals surface area contributed by atoms with Crippen molar-refractivity contribution in [1.29, 1.82) is 0 Å². The molecule has 2 aliphatic rings. The van der Waals surface area contributed by atoms with Crippen molar-refractivity contribution in [2.75, 3.05) is 13.2 Å². The number of aliphatic carboxylic acids is 1. The Kier molecular flexibility index (Phi) is 6.37. The molecule has 0 spiro atoms. The van der Waals surface area contributed by atoms with E-state index < -0.39 is 12.1 Å². The van der Waals surface area contributed by atoms with Crippen LogP contribution in [0.25, 0.3) is 0 Å². The van der Waals surface area contributed by atoms with Gasteiger partial charge in [-0.1, -0.05) is 0 Å². The lowest BCUT2D eigenvalue weighted by molar-refractivity contribution is -0.192. The monoisotopic (exact) mass is 391 g/mol. The van der Waals surface area contributed by atoms with E-state index in [4.69, 9.17) is 20.4 Å². The number of ether oxygens (including phenoxy) is 1. The van der Waals surface area contributed by atoms with Crippen LogP contribution in [0.2, 0.25) is 0 Å². The topological polar surface area (TPSA) is 106 Å². The molecule has 1 amide bonds. The Morgan fingerprint density at radius 1 is 1.44 bits per heavy atom. The van der Waals surface area contributed by atoms with Gasteiger partial charge in [-0.15, -0.1) is 0 Å². The van der Waals surface area contributed by atoms with E-state index in [1.807, 2.05) is 4.90 Å². The van der Waals surface area contributed by atoms with E-state index in [0.717, 1.165) is 18.4 Å². The Bertz CT molecular complexity index is 748. The lowest BCUT2D eigenvalue weighted by Gasteiger charge is -2.13. The maximum atomic E-state index is 12.4. The third-order valence-corrected chi connectivity index (χ3v) is 3.85. The number of carbonyl (C=O) groups excluding carboxylic acids is 1. The summed E-state index contributed by atoms with van der Waals surface area (Å²) < 4.78 is 49.5. The van der Waals surface area contributed by atoms with E-state index in [1.54, 1.807) is 6.07 Å². The Balaban J connectivity index is 0.000000321. The third kappa shape index (κ3) is 5.39. The van der Waals surface area contributed by atoms with Crippen molar-refractivity contribution in [3.63, 3.8) is 0 Å². The number of amides is 1. The molecule has 3 rings (SSSR count). The fraction of sp³-hybridized carbons (Fsp3) is 0.438. The largest absolute Gasteiger partial charge is 0.490 e. The number of nitrogens with two attached hydrogens (primary N) is 1. The summed E-state index contributed by atoms with van der Waals surface area (Å²) in [6.07, 6.45) is -0.933. The molecule has 3 N–H and O–H groups in total. The standard InChI is InChI=1S/C14H16FN3O2.C2HF3O2/c15-4-9(5-16)8-20-13-3-10-7-18(11-1-2-11)14(19)12(10)6-17-13;3-2(4,5)1(6)7/h3-4,6,11H,1-2,5,7-8,16H2;(H,6,7)/b9-4-;. The van der Waals surface area contributed by atoms with Gasteiger partial charge < -0.3 is 20.5 Å². The van der Waals surface area contributed by atoms with Gasteiger partial charge in [0.05, 0.1) is 11.9 Å². The first kappa shape index (κ1) is 20.6. The number of hydrogen-bond acceptors (Lipinski definition) is 5. The lowest BCUT2D eigenvalue weighted by atomic mass is 10.2. The predicted octanol–water partition coefficient (Wildman–Crippen LogP) is 2.02. The molecule has 1 aromatic rings. The fourth-order valence-electron chi connectivity index (χ4n) is 2.27. The average molecular weight is 391 g/mol. The molecule has 148 valence electrons. The predicted molar refractivity (Wildman–Crippen MR) is 84.6 cm³/mol. The summed E-state index contributed by atoms with van der Waals surface area (Å²) in [6.45, 7) is 0.787. The highest BCUT2D eigenvalue weighted by atomic mass is 19.4. The van der Waals surface area contributed by atoms with Crippen LogP contribution in [-0.2, 0) is 11.3 Å². The summed E-state index contributed by atoms with van der Waals surface area (Å²) in [5.41, 5.74) is 7.28. The molecule has 1 fully saturated rings. The second kappa shape index (κ2) is 8.33. The molecule has 7 nitrogen and oxygen atoms in total. The van der Waals surface area contributed by atoms with Crippen molar-refractivity contribution in [3.8, 4) is 5.88 Å². The second-order valence-corrected chi connectivity index (χ2v) is 5.91. The normalized spacial score (nSPS) is 16.6. The van der Waals surface area contributed by atoms with Gasteiger partial charge in [-0.2, -0.15) is 13.2 Å². The zero-order valence-corrected chi connectivity index (χ0v) is 14.0. The molecule has 1 aliphatic heterocycles. The van der Waals surface area contributed by atoms with Crippen molar-refractivity contribution >= 4 is 11.9 Å². The molecule has 0 atom stereocenters. The van der Waals surface area contributed by atoms with E-state index >= 15 is 0 Å². The van der Waals surface area contributed by atoms with Crippen LogP contribution in [0, 0.1) is 0 Å². The summed E-state index contributed by atoms with van der Waals surface area (Å²) >= 11 is 0. The summed E-state index contributed by atoms with van der Waals surface area (Å²) in [4.78, 5) is 27.0. The number of halogens is 4. The zero-order chi connectivity index (χ0) is 20.2. The van der Waals surface area contributed by atoms with Crippen molar-refractivity contribution < 1.29 is 37.0 Å². The minimum absolute atomic E-state index is 0.0489. The van der Waals surface area contributed by atoms with Crippen LogP contribution < -0.4 is 10.5 Å². The van der Waals surface area contributed by atoms with Gasteiger partial charge in [0.1, 0.15) is 6.61 Å². The summed E-state index contributed by atoms with van der Waals surface area (Å²) in [7, 11) is 0. The number of carboxylic acid groups (broad SMARTS) is 1. The van der Waals surface area contributed by atoms with Crippen molar-refractivity contribution in [2.45, 2.75) is 31.6 Å². The van der Waals surface area contributed by atoms with Crippen LogP contribution in [0.1, 0.15) is 28.8 Å². The van der Waals surface area contributed by atoms with E-state index in [2.05, 4.69) is 4.98 Å². The highest BCUT2D eigenvalue weighted by Gasteiger charge is 2.39. The number of aromatic nitrogens is 1. The molecule has 11 heteroatoms. The molecule has 0 bridgehead atoms. The maximum absolute atomic E-state index is 12.4. The lowest BCUT2D eigenvalue weighted by Crippen LogP contribution is -2.25. The molecule has 0 unspecified atom stereocenters. The van der Waals surface area contributed by atoms with Gasteiger partial charge in [-0.25, -0.2) is 14.2 Å². The van der Waals surface area contributed by atoms with Gasteiger partial charge in [-0.05, 0) is 18.4 Å². The first-order chi connectivity index (χ1) is 12.7. The summed E-state index contributed by atoms with van der Waals surface area (Å²) in [5.74, 6) is -2.32. The van der Waals surface area contributed by atoms with Crippen LogP contribution in [0.4, 0.5) is 17.6 Å². The van der Waals surface area contributed by atoms with E-state index in [0.29, 0.717) is 35.9 Å². The van der Waals surface area contributed by atoms with Crippen LogP contribution in [-0.4, -0.2) is 52.2 Å². The fourth-order valence-corrected chi connectivity index (χ4v) is 2.27. The van der Waals surface area contributed by atoms with Crippen LogP contribution in [0.3, 0.4) is 0 Å². The number of rotatable bonds is 5. The molecule has 1 aromatic heterocycles. The van der Waals surface area contributed by atoms with Gasteiger partial charge in [0.25, 0.3) is 5.91 Å². The molecule has 1 saturated carbocycles. The van der Waals surface area contributed by atoms with E-state index in [9.17, 15) is 22.4 Å². The van der Waals surface area contributed by atoms with Gasteiger partial charge in [0, 0.05) is 37.0 Å². The number of alkyl halides is 3. The third-order valence-electron chi connectivity index (χ3n) is 3.85. The smallest absolute Gasteiger partial charge is 0.475 e. The molecular formula is C16H17F4N3O4. The van der Waals surface area contributed by atoms with Crippen molar-refractivity contribution in [2.24, 2.45) is 5.73 Å². The van der Waals surface area contributed by atoms with Gasteiger partial charge >= 0.3 is 12.1 Å². The van der Waals surface area contributed by atoms with E-state index in [-0.39, 0.29) is 19.1 Å². The number of nitrogens with zero attached hydrogens (tertiary/aromatic N) is 2. The van der Waals surface area contributed by atoms with Crippen molar-refractivity contribution in [1.82, 2.24) is 9.88 Å². The van der Waals surface area contributed by atoms with E-state index in [1.165, 1.54) is 6.20 Å². The minimum Gasteiger partial charge on any atom is -0.475 e. The maximum Gasteiger partial charge on any atom is 0.490 e. The highest BCUT2D eigenvalue weighted by Crippen LogP contribution is 2.35.